The number of nitrogens with zero attached hydrogens (tertiary/aromatic N) is 3. The van der Waals surface area contributed by atoms with Crippen molar-refractivity contribution in [3.05, 3.63) is 35.5 Å². The van der Waals surface area contributed by atoms with Crippen molar-refractivity contribution < 1.29 is 4.74 Å². The van der Waals surface area contributed by atoms with Crippen LogP contribution in [0.25, 0.3) is 0 Å². The first-order valence-electron chi connectivity index (χ1n) is 7.13. The highest BCUT2D eigenvalue weighted by Crippen LogP contribution is 2.16. The van der Waals surface area contributed by atoms with Gasteiger partial charge in [0.2, 0.25) is 5.88 Å². The molecule has 1 fully saturated rings. The van der Waals surface area contributed by atoms with Gasteiger partial charge in [0.15, 0.2) is 5.96 Å². The van der Waals surface area contributed by atoms with Crippen LogP contribution in [0.3, 0.4) is 0 Å². The van der Waals surface area contributed by atoms with Gasteiger partial charge in [0.1, 0.15) is 6.10 Å². The number of aromatic nitrogens is 1. The molecule has 2 rings (SSSR count). The SMILES string of the molecule is C=C(Br)CN=C(NCC)N1CCC(Oc2ccccn2)C1. The van der Waals surface area contributed by atoms with Gasteiger partial charge in [0.05, 0.1) is 13.1 Å². The zero-order chi connectivity index (χ0) is 15.1. The van der Waals surface area contributed by atoms with E-state index in [1.807, 2.05) is 18.2 Å². The molecule has 0 aliphatic carbocycles. The Bertz CT molecular complexity index is 492. The van der Waals surface area contributed by atoms with Gasteiger partial charge in [-0.15, -0.1) is 0 Å². The third-order valence-corrected chi connectivity index (χ3v) is 3.36. The molecule has 1 saturated heterocycles. The molecule has 0 aromatic carbocycles. The van der Waals surface area contributed by atoms with Crippen molar-refractivity contribution in [1.82, 2.24) is 15.2 Å². The summed E-state index contributed by atoms with van der Waals surface area (Å²) in [5.74, 6) is 1.59. The standard InChI is InChI=1S/C15H21BrN4O/c1-3-17-15(19-10-12(2)16)20-9-7-13(11-20)21-14-6-4-5-8-18-14/h4-6,8,13H,2-3,7,9-11H2,1H3,(H,17,19). The van der Waals surface area contributed by atoms with E-state index in [4.69, 9.17) is 4.74 Å². The minimum absolute atomic E-state index is 0.149. The summed E-state index contributed by atoms with van der Waals surface area (Å²) >= 11 is 3.34. The monoisotopic (exact) mass is 352 g/mol. The molecule has 5 nitrogen and oxygen atoms in total. The quantitative estimate of drug-likeness (QED) is 0.653. The molecule has 1 N–H and O–H groups in total. The first-order valence-corrected chi connectivity index (χ1v) is 7.92. The summed E-state index contributed by atoms with van der Waals surface area (Å²) in [4.78, 5) is 11.0. The molecular formula is C15H21BrN4O. The highest BCUT2D eigenvalue weighted by atomic mass is 79.9. The number of rotatable bonds is 5. The smallest absolute Gasteiger partial charge is 0.213 e. The van der Waals surface area contributed by atoms with Crippen molar-refractivity contribution in [2.45, 2.75) is 19.4 Å². The van der Waals surface area contributed by atoms with Crippen molar-refractivity contribution >= 4 is 21.9 Å². The summed E-state index contributed by atoms with van der Waals surface area (Å²) in [5, 5.41) is 3.31. The van der Waals surface area contributed by atoms with E-state index < -0.39 is 0 Å². The van der Waals surface area contributed by atoms with E-state index in [0.717, 1.165) is 36.5 Å². The summed E-state index contributed by atoms with van der Waals surface area (Å²) in [7, 11) is 0. The average Bonchev–Trinajstić information content (AvgIpc) is 2.92. The Kier molecular flexibility index (Phi) is 6.04. The first-order chi connectivity index (χ1) is 10.2. The van der Waals surface area contributed by atoms with Gasteiger partial charge >= 0.3 is 0 Å². The molecule has 1 aromatic rings. The van der Waals surface area contributed by atoms with Gasteiger partial charge in [0, 0.05) is 36.3 Å². The Hall–Kier alpha value is -1.56. The van der Waals surface area contributed by atoms with E-state index in [9.17, 15) is 0 Å². The van der Waals surface area contributed by atoms with Gasteiger partial charge in [-0.05, 0) is 13.0 Å². The van der Waals surface area contributed by atoms with Gasteiger partial charge < -0.3 is 15.0 Å². The summed E-state index contributed by atoms with van der Waals surface area (Å²) in [5.41, 5.74) is 0. The molecule has 1 aliphatic heterocycles. The van der Waals surface area contributed by atoms with Crippen LogP contribution in [0.15, 0.2) is 40.4 Å². The summed E-state index contributed by atoms with van der Waals surface area (Å²) in [6, 6.07) is 5.70. The maximum Gasteiger partial charge on any atom is 0.213 e. The van der Waals surface area contributed by atoms with Crippen LogP contribution in [0.2, 0.25) is 0 Å². The third kappa shape index (κ3) is 5.04. The van der Waals surface area contributed by atoms with Crippen molar-refractivity contribution in [3.8, 4) is 5.88 Å². The maximum atomic E-state index is 5.90. The molecule has 6 heteroatoms. The topological polar surface area (TPSA) is 49.8 Å². The molecule has 2 heterocycles. The van der Waals surface area contributed by atoms with E-state index in [0.29, 0.717) is 12.4 Å². The molecule has 0 radical (unpaired) electrons. The molecule has 0 saturated carbocycles. The van der Waals surface area contributed by atoms with Crippen molar-refractivity contribution in [2.75, 3.05) is 26.2 Å². The lowest BCUT2D eigenvalue weighted by molar-refractivity contribution is 0.205. The highest BCUT2D eigenvalue weighted by molar-refractivity contribution is 9.11. The van der Waals surface area contributed by atoms with E-state index in [1.165, 1.54) is 0 Å². The zero-order valence-electron chi connectivity index (χ0n) is 12.3. The van der Waals surface area contributed by atoms with Gasteiger partial charge in [-0.3, -0.25) is 0 Å². The Morgan fingerprint density at radius 1 is 1.62 bits per heavy atom. The van der Waals surface area contributed by atoms with Crippen LogP contribution >= 0.6 is 15.9 Å². The number of guanidine groups is 1. The predicted octanol–water partition coefficient (Wildman–Crippen LogP) is 2.41. The lowest BCUT2D eigenvalue weighted by Crippen LogP contribution is -2.41. The number of hydrogen-bond acceptors (Lipinski definition) is 3. The average molecular weight is 353 g/mol. The number of nitrogens with one attached hydrogen (secondary N) is 1. The largest absolute Gasteiger partial charge is 0.472 e. The zero-order valence-corrected chi connectivity index (χ0v) is 13.8. The van der Waals surface area contributed by atoms with Gasteiger partial charge in [-0.2, -0.15) is 0 Å². The minimum atomic E-state index is 0.149. The number of hydrogen-bond donors (Lipinski definition) is 1. The van der Waals surface area contributed by atoms with Crippen LogP contribution in [-0.2, 0) is 0 Å². The molecule has 0 spiro atoms. The second-order valence-electron chi connectivity index (χ2n) is 4.83. The second kappa shape index (κ2) is 8.02. The third-order valence-electron chi connectivity index (χ3n) is 3.10. The highest BCUT2D eigenvalue weighted by Gasteiger charge is 2.26. The van der Waals surface area contributed by atoms with Gasteiger partial charge in [-0.1, -0.05) is 28.6 Å². The molecule has 21 heavy (non-hydrogen) atoms. The van der Waals surface area contributed by atoms with Gasteiger partial charge in [0.25, 0.3) is 0 Å². The molecular weight excluding hydrogens is 332 g/mol. The number of likely N-dealkylation sites (tertiary alicyclic amines) is 1. The predicted molar refractivity (Wildman–Crippen MR) is 88.9 cm³/mol. The van der Waals surface area contributed by atoms with Gasteiger partial charge in [-0.25, -0.2) is 9.98 Å². The van der Waals surface area contributed by atoms with E-state index in [1.54, 1.807) is 6.20 Å². The number of ether oxygens (including phenoxy) is 1. The summed E-state index contributed by atoms with van der Waals surface area (Å²) in [6.07, 6.45) is 2.86. The second-order valence-corrected chi connectivity index (χ2v) is 5.95. The van der Waals surface area contributed by atoms with Crippen LogP contribution in [0.4, 0.5) is 0 Å². The van der Waals surface area contributed by atoms with E-state index in [2.05, 4.69) is 49.6 Å². The molecule has 1 unspecified atom stereocenters. The fourth-order valence-electron chi connectivity index (χ4n) is 2.19. The molecule has 1 aliphatic rings. The lowest BCUT2D eigenvalue weighted by Gasteiger charge is -2.21. The summed E-state index contributed by atoms with van der Waals surface area (Å²) in [6.45, 7) is 9.04. The Balaban J connectivity index is 1.92. The molecule has 0 bridgehead atoms. The van der Waals surface area contributed by atoms with Crippen LogP contribution in [0.1, 0.15) is 13.3 Å². The molecule has 114 valence electrons. The van der Waals surface area contributed by atoms with Crippen molar-refractivity contribution in [3.63, 3.8) is 0 Å². The van der Waals surface area contributed by atoms with Crippen LogP contribution in [0.5, 0.6) is 5.88 Å². The fourth-order valence-corrected chi connectivity index (χ4v) is 2.32. The van der Waals surface area contributed by atoms with Crippen LogP contribution < -0.4 is 10.1 Å². The fraction of sp³-hybridized carbons (Fsp3) is 0.467. The summed E-state index contributed by atoms with van der Waals surface area (Å²) < 4.78 is 6.77. The van der Waals surface area contributed by atoms with E-state index >= 15 is 0 Å². The lowest BCUT2D eigenvalue weighted by atomic mass is 10.3. The van der Waals surface area contributed by atoms with E-state index in [-0.39, 0.29) is 6.10 Å². The Morgan fingerprint density at radius 3 is 3.14 bits per heavy atom. The number of halogens is 1. The Labute approximate surface area is 134 Å². The number of aliphatic imine (C=N–C) groups is 1. The minimum Gasteiger partial charge on any atom is -0.472 e. The normalized spacial score (nSPS) is 18.7. The van der Waals surface area contributed by atoms with Crippen LogP contribution in [-0.4, -0.2) is 48.1 Å². The van der Waals surface area contributed by atoms with Crippen molar-refractivity contribution in [2.24, 2.45) is 4.99 Å². The molecule has 1 atom stereocenters. The van der Waals surface area contributed by atoms with Crippen molar-refractivity contribution in [1.29, 1.82) is 0 Å². The Morgan fingerprint density at radius 2 is 2.48 bits per heavy atom. The molecule has 1 aromatic heterocycles. The maximum absolute atomic E-state index is 5.90. The number of pyridine rings is 1. The molecule has 0 amide bonds. The first kappa shape index (κ1) is 15.8. The van der Waals surface area contributed by atoms with Crippen LogP contribution in [0, 0.1) is 0 Å².